The van der Waals surface area contributed by atoms with Crippen LogP contribution < -0.4 is 15.4 Å². The highest BCUT2D eigenvalue weighted by atomic mass is 19.1. The molecule has 3 N–H and O–H groups in total. The fourth-order valence-corrected chi connectivity index (χ4v) is 3.81. The standard InChI is InChI=1S/C22H19FN6O2/c1-11-4-3-5-14(17(11)23)28-20-16-13(7-9-25-21(16)30)27-19(20)12-6-8-24-15-10-26-22(31-2)29-18(12)15/h3-6,8,10,27-28H,7,9H2,1-2H3,(H,25,30). The molecule has 31 heavy (non-hydrogen) atoms. The molecule has 0 unspecified atom stereocenters. The number of carbonyl (C=O) groups is 1. The molecule has 1 aromatic carbocycles. The van der Waals surface area contributed by atoms with Crippen LogP contribution >= 0.6 is 0 Å². The largest absolute Gasteiger partial charge is 0.467 e. The van der Waals surface area contributed by atoms with Gasteiger partial charge in [0.1, 0.15) is 16.9 Å². The molecular weight excluding hydrogens is 399 g/mol. The predicted octanol–water partition coefficient (Wildman–Crippen LogP) is 3.51. The molecule has 9 heteroatoms. The van der Waals surface area contributed by atoms with Crippen molar-refractivity contribution in [2.24, 2.45) is 0 Å². The number of ether oxygens (including phenoxy) is 1. The zero-order valence-electron chi connectivity index (χ0n) is 16.9. The van der Waals surface area contributed by atoms with E-state index >= 15 is 0 Å². The van der Waals surface area contributed by atoms with Gasteiger partial charge in [0.05, 0.1) is 35.9 Å². The number of aryl methyl sites for hydroxylation is 1. The van der Waals surface area contributed by atoms with Crippen LogP contribution in [0.3, 0.4) is 0 Å². The van der Waals surface area contributed by atoms with Crippen LogP contribution in [0.5, 0.6) is 6.01 Å². The second-order valence-corrected chi connectivity index (χ2v) is 7.24. The average molecular weight is 418 g/mol. The fourth-order valence-electron chi connectivity index (χ4n) is 3.81. The van der Waals surface area contributed by atoms with Gasteiger partial charge in [0.25, 0.3) is 5.91 Å². The molecule has 0 atom stereocenters. The van der Waals surface area contributed by atoms with Crippen LogP contribution in [0, 0.1) is 12.7 Å². The van der Waals surface area contributed by atoms with Crippen molar-refractivity contribution >= 4 is 28.3 Å². The van der Waals surface area contributed by atoms with Crippen LogP contribution in [-0.4, -0.2) is 39.5 Å². The minimum atomic E-state index is -0.372. The normalized spacial score (nSPS) is 13.1. The maximum Gasteiger partial charge on any atom is 0.316 e. The number of aromatic nitrogens is 4. The second kappa shape index (κ2) is 7.35. The number of nitrogens with zero attached hydrogens (tertiary/aromatic N) is 3. The van der Waals surface area contributed by atoms with E-state index in [2.05, 4.69) is 30.6 Å². The first-order valence-electron chi connectivity index (χ1n) is 9.78. The van der Waals surface area contributed by atoms with Gasteiger partial charge in [0, 0.05) is 30.4 Å². The van der Waals surface area contributed by atoms with E-state index in [4.69, 9.17) is 4.74 Å². The van der Waals surface area contributed by atoms with Gasteiger partial charge in [-0.3, -0.25) is 9.78 Å². The van der Waals surface area contributed by atoms with Crippen molar-refractivity contribution in [2.75, 3.05) is 19.0 Å². The molecule has 0 aliphatic carbocycles. The number of anilines is 2. The van der Waals surface area contributed by atoms with E-state index < -0.39 is 0 Å². The number of pyridine rings is 1. The summed E-state index contributed by atoms with van der Waals surface area (Å²) in [5.41, 5.74) is 4.97. The number of methoxy groups -OCH3 is 1. The van der Waals surface area contributed by atoms with Gasteiger partial charge in [-0.25, -0.2) is 9.37 Å². The number of hydrogen-bond acceptors (Lipinski definition) is 6. The molecule has 3 aromatic heterocycles. The van der Waals surface area contributed by atoms with Crippen molar-refractivity contribution in [1.82, 2.24) is 25.3 Å². The van der Waals surface area contributed by atoms with Crippen LogP contribution in [0.2, 0.25) is 0 Å². The predicted molar refractivity (Wildman–Crippen MR) is 114 cm³/mol. The van der Waals surface area contributed by atoms with Gasteiger partial charge in [-0.2, -0.15) is 4.98 Å². The molecule has 0 radical (unpaired) electrons. The summed E-state index contributed by atoms with van der Waals surface area (Å²) < 4.78 is 20.0. The van der Waals surface area contributed by atoms with Gasteiger partial charge >= 0.3 is 6.01 Å². The Morgan fingerprint density at radius 2 is 2.10 bits per heavy atom. The van der Waals surface area contributed by atoms with E-state index in [1.807, 2.05) is 0 Å². The Kier molecular flexibility index (Phi) is 4.50. The van der Waals surface area contributed by atoms with Crippen molar-refractivity contribution in [1.29, 1.82) is 0 Å². The molecule has 0 bridgehead atoms. The third kappa shape index (κ3) is 3.14. The number of H-pyrrole nitrogens is 1. The Balaban J connectivity index is 1.76. The summed E-state index contributed by atoms with van der Waals surface area (Å²) >= 11 is 0. The Morgan fingerprint density at radius 3 is 2.94 bits per heavy atom. The summed E-state index contributed by atoms with van der Waals surface area (Å²) in [4.78, 5) is 29.0. The van der Waals surface area contributed by atoms with Crippen LogP contribution in [0.15, 0.2) is 36.7 Å². The lowest BCUT2D eigenvalue weighted by atomic mass is 10.0. The fraction of sp³-hybridized carbons (Fsp3) is 0.182. The van der Waals surface area contributed by atoms with Crippen LogP contribution in [0.1, 0.15) is 21.6 Å². The van der Waals surface area contributed by atoms with E-state index in [-0.39, 0.29) is 23.4 Å². The molecule has 1 amide bonds. The van der Waals surface area contributed by atoms with Crippen molar-refractivity contribution in [3.63, 3.8) is 0 Å². The van der Waals surface area contributed by atoms with Crippen LogP contribution in [-0.2, 0) is 6.42 Å². The Bertz CT molecular complexity index is 1330. The van der Waals surface area contributed by atoms with Gasteiger partial charge in [0.15, 0.2) is 0 Å². The average Bonchev–Trinajstić information content (AvgIpc) is 3.15. The quantitative estimate of drug-likeness (QED) is 0.469. The van der Waals surface area contributed by atoms with Crippen molar-refractivity contribution in [2.45, 2.75) is 13.3 Å². The molecule has 5 rings (SSSR count). The van der Waals surface area contributed by atoms with Gasteiger partial charge in [-0.15, -0.1) is 0 Å². The molecule has 4 heterocycles. The molecule has 0 saturated heterocycles. The summed E-state index contributed by atoms with van der Waals surface area (Å²) in [5, 5.41) is 6.01. The number of carbonyl (C=O) groups excluding carboxylic acids is 1. The summed E-state index contributed by atoms with van der Waals surface area (Å²) in [6.07, 6.45) is 3.85. The molecule has 1 aliphatic heterocycles. The van der Waals surface area contributed by atoms with E-state index in [1.54, 1.807) is 43.6 Å². The summed E-state index contributed by atoms with van der Waals surface area (Å²) in [5.74, 6) is -0.590. The number of fused-ring (bicyclic) bond motifs is 2. The van der Waals surface area contributed by atoms with Crippen molar-refractivity contribution in [3.05, 3.63) is 59.3 Å². The van der Waals surface area contributed by atoms with E-state index in [0.29, 0.717) is 52.1 Å². The molecule has 0 spiro atoms. The number of hydrogen-bond donors (Lipinski definition) is 3. The van der Waals surface area contributed by atoms with E-state index in [0.717, 1.165) is 5.69 Å². The first kappa shape index (κ1) is 19.0. The summed E-state index contributed by atoms with van der Waals surface area (Å²) in [7, 11) is 1.49. The highest BCUT2D eigenvalue weighted by molar-refractivity contribution is 6.08. The zero-order valence-corrected chi connectivity index (χ0v) is 16.9. The number of aromatic amines is 1. The van der Waals surface area contributed by atoms with E-state index in [9.17, 15) is 9.18 Å². The maximum absolute atomic E-state index is 14.8. The van der Waals surface area contributed by atoms with Gasteiger partial charge < -0.3 is 20.4 Å². The molecule has 8 nitrogen and oxygen atoms in total. The topological polar surface area (TPSA) is 105 Å². The molecule has 4 aromatic rings. The minimum Gasteiger partial charge on any atom is -0.467 e. The lowest BCUT2D eigenvalue weighted by Gasteiger charge is -2.16. The number of benzene rings is 1. The molecular formula is C22H19FN6O2. The second-order valence-electron chi connectivity index (χ2n) is 7.24. The minimum absolute atomic E-state index is 0.204. The number of amides is 1. The van der Waals surface area contributed by atoms with Crippen LogP contribution in [0.4, 0.5) is 15.8 Å². The Morgan fingerprint density at radius 1 is 1.23 bits per heavy atom. The molecule has 0 fully saturated rings. The van der Waals surface area contributed by atoms with Crippen LogP contribution in [0.25, 0.3) is 22.3 Å². The Labute approximate surface area is 176 Å². The molecule has 156 valence electrons. The lowest BCUT2D eigenvalue weighted by molar-refractivity contribution is 0.0947. The van der Waals surface area contributed by atoms with Gasteiger partial charge in [-0.05, 0) is 24.6 Å². The first-order chi connectivity index (χ1) is 15.1. The summed E-state index contributed by atoms with van der Waals surface area (Å²) in [6.45, 7) is 2.22. The number of halogens is 1. The van der Waals surface area contributed by atoms with Gasteiger partial charge in [-0.1, -0.05) is 12.1 Å². The van der Waals surface area contributed by atoms with Crippen molar-refractivity contribution < 1.29 is 13.9 Å². The molecule has 1 aliphatic rings. The Hall–Kier alpha value is -4.01. The van der Waals surface area contributed by atoms with Gasteiger partial charge in [0.2, 0.25) is 0 Å². The SMILES string of the molecule is COc1ncc2nccc(-c3[nH]c4c(c3Nc3cccc(C)c3F)C(=O)NCC4)c2n1. The third-order valence-corrected chi connectivity index (χ3v) is 5.33. The first-order valence-corrected chi connectivity index (χ1v) is 9.78. The highest BCUT2D eigenvalue weighted by Crippen LogP contribution is 2.39. The third-order valence-electron chi connectivity index (χ3n) is 5.33. The van der Waals surface area contributed by atoms with Crippen molar-refractivity contribution in [3.8, 4) is 17.3 Å². The van der Waals surface area contributed by atoms with E-state index in [1.165, 1.54) is 7.11 Å². The number of nitrogens with one attached hydrogen (secondary N) is 3. The maximum atomic E-state index is 14.8. The zero-order chi connectivity index (χ0) is 21.5. The highest BCUT2D eigenvalue weighted by Gasteiger charge is 2.28. The number of rotatable bonds is 4. The lowest BCUT2D eigenvalue weighted by Crippen LogP contribution is -2.31. The summed E-state index contributed by atoms with van der Waals surface area (Å²) in [6, 6.07) is 7.10. The monoisotopic (exact) mass is 418 g/mol. The smallest absolute Gasteiger partial charge is 0.316 e. The molecule has 0 saturated carbocycles.